The van der Waals surface area contributed by atoms with E-state index in [-0.39, 0.29) is 5.82 Å². The molecule has 0 bridgehead atoms. The summed E-state index contributed by atoms with van der Waals surface area (Å²) in [4.78, 5) is 0. The zero-order valence-corrected chi connectivity index (χ0v) is 12.2. The van der Waals surface area contributed by atoms with Crippen LogP contribution in [-0.2, 0) is 4.74 Å². The van der Waals surface area contributed by atoms with E-state index in [4.69, 9.17) is 4.74 Å². The maximum absolute atomic E-state index is 13.7. The van der Waals surface area contributed by atoms with Crippen LogP contribution in [0.4, 0.5) is 10.1 Å². The van der Waals surface area contributed by atoms with E-state index in [1.165, 1.54) is 6.07 Å². The Hall–Kier alpha value is -0.610. The number of rotatable bonds is 4. The molecular formula is C14H19BrFNO. The molecule has 2 nitrogen and oxygen atoms in total. The zero-order valence-electron chi connectivity index (χ0n) is 10.6. The van der Waals surface area contributed by atoms with Crippen molar-refractivity contribution in [3.8, 4) is 0 Å². The maximum atomic E-state index is 13.7. The summed E-state index contributed by atoms with van der Waals surface area (Å²) in [5, 5.41) is 3.30. The van der Waals surface area contributed by atoms with Crippen LogP contribution in [-0.4, -0.2) is 18.8 Å². The highest BCUT2D eigenvalue weighted by Crippen LogP contribution is 2.28. The Labute approximate surface area is 116 Å². The van der Waals surface area contributed by atoms with Gasteiger partial charge in [0.1, 0.15) is 5.82 Å². The summed E-state index contributed by atoms with van der Waals surface area (Å²) in [6.45, 7) is 2.92. The van der Waals surface area contributed by atoms with Crippen molar-refractivity contribution in [2.24, 2.45) is 0 Å². The molecule has 1 aromatic rings. The summed E-state index contributed by atoms with van der Waals surface area (Å²) >= 11 is 3.39. The number of para-hydroxylation sites is 1. The molecule has 0 saturated carbocycles. The van der Waals surface area contributed by atoms with Gasteiger partial charge in [-0.05, 0) is 47.3 Å². The molecule has 0 aliphatic carbocycles. The van der Waals surface area contributed by atoms with Crippen LogP contribution >= 0.6 is 15.9 Å². The van der Waals surface area contributed by atoms with Crippen molar-refractivity contribution in [1.29, 1.82) is 0 Å². The van der Waals surface area contributed by atoms with Crippen molar-refractivity contribution in [2.45, 2.75) is 44.8 Å². The van der Waals surface area contributed by atoms with Gasteiger partial charge in [0.15, 0.2) is 0 Å². The smallest absolute Gasteiger partial charge is 0.147 e. The molecule has 1 aliphatic heterocycles. The fourth-order valence-electron chi connectivity index (χ4n) is 2.37. The van der Waals surface area contributed by atoms with Crippen LogP contribution in [0.15, 0.2) is 22.7 Å². The van der Waals surface area contributed by atoms with E-state index < -0.39 is 0 Å². The van der Waals surface area contributed by atoms with E-state index in [0.717, 1.165) is 36.8 Å². The van der Waals surface area contributed by atoms with Crippen molar-refractivity contribution < 1.29 is 9.13 Å². The first-order chi connectivity index (χ1) is 8.70. The molecule has 1 heterocycles. The second-order valence-corrected chi connectivity index (χ2v) is 5.60. The highest BCUT2D eigenvalue weighted by molar-refractivity contribution is 9.10. The Morgan fingerprint density at radius 2 is 2.33 bits per heavy atom. The minimum Gasteiger partial charge on any atom is -0.379 e. The van der Waals surface area contributed by atoms with Crippen molar-refractivity contribution in [2.75, 3.05) is 11.9 Å². The first-order valence-electron chi connectivity index (χ1n) is 6.53. The Morgan fingerprint density at radius 1 is 1.50 bits per heavy atom. The van der Waals surface area contributed by atoms with Gasteiger partial charge in [-0.3, -0.25) is 0 Å². The minimum absolute atomic E-state index is 0.206. The molecule has 1 fully saturated rings. The molecular weight excluding hydrogens is 297 g/mol. The lowest BCUT2D eigenvalue weighted by atomic mass is 10.00. The number of nitrogens with one attached hydrogen (secondary N) is 1. The van der Waals surface area contributed by atoms with Gasteiger partial charge in [-0.2, -0.15) is 0 Å². The fraction of sp³-hybridized carbons (Fsp3) is 0.571. The molecule has 2 atom stereocenters. The van der Waals surface area contributed by atoms with Gasteiger partial charge in [0.05, 0.1) is 11.8 Å². The van der Waals surface area contributed by atoms with Crippen LogP contribution in [0.25, 0.3) is 0 Å². The predicted octanol–water partition coefficient (Wildman–Crippen LogP) is 4.35. The van der Waals surface area contributed by atoms with Gasteiger partial charge in [0.2, 0.25) is 0 Å². The van der Waals surface area contributed by atoms with Crippen LogP contribution in [0.3, 0.4) is 0 Å². The third kappa shape index (κ3) is 3.45. The lowest BCUT2D eigenvalue weighted by molar-refractivity contribution is 0.00592. The lowest BCUT2D eigenvalue weighted by Crippen LogP contribution is -2.34. The van der Waals surface area contributed by atoms with E-state index in [9.17, 15) is 4.39 Å². The van der Waals surface area contributed by atoms with Crippen LogP contribution in [0.2, 0.25) is 0 Å². The van der Waals surface area contributed by atoms with Gasteiger partial charge in [-0.15, -0.1) is 0 Å². The van der Waals surface area contributed by atoms with Crippen molar-refractivity contribution in [3.63, 3.8) is 0 Å². The van der Waals surface area contributed by atoms with E-state index in [0.29, 0.717) is 17.8 Å². The molecule has 1 aliphatic rings. The minimum atomic E-state index is -0.206. The Balaban J connectivity index is 2.00. The van der Waals surface area contributed by atoms with Crippen LogP contribution in [0, 0.1) is 5.82 Å². The van der Waals surface area contributed by atoms with Crippen LogP contribution < -0.4 is 5.32 Å². The molecule has 2 unspecified atom stereocenters. The van der Waals surface area contributed by atoms with Crippen molar-refractivity contribution >= 4 is 21.6 Å². The Bertz CT molecular complexity index is 377. The van der Waals surface area contributed by atoms with Gasteiger partial charge >= 0.3 is 0 Å². The molecule has 100 valence electrons. The lowest BCUT2D eigenvalue weighted by Gasteiger charge is -2.31. The molecule has 1 saturated heterocycles. The highest BCUT2D eigenvalue weighted by atomic mass is 79.9. The zero-order chi connectivity index (χ0) is 13.0. The van der Waals surface area contributed by atoms with E-state index in [1.54, 1.807) is 6.07 Å². The monoisotopic (exact) mass is 315 g/mol. The summed E-state index contributed by atoms with van der Waals surface area (Å²) in [5.41, 5.74) is 0.569. The quantitative estimate of drug-likeness (QED) is 0.892. The number of ether oxygens (including phenoxy) is 1. The Morgan fingerprint density at radius 3 is 3.06 bits per heavy atom. The summed E-state index contributed by atoms with van der Waals surface area (Å²) in [6, 6.07) is 5.34. The normalized spacial score (nSPS) is 23.9. The topological polar surface area (TPSA) is 21.3 Å². The Kier molecular flexibility index (Phi) is 5.01. The predicted molar refractivity (Wildman–Crippen MR) is 75.4 cm³/mol. The maximum Gasteiger partial charge on any atom is 0.147 e. The molecule has 1 N–H and O–H groups in total. The molecule has 2 rings (SSSR count). The molecule has 4 heteroatoms. The SMILES string of the molecule is CCCC1CC(Nc2c(F)cccc2Br)CCO1. The number of hydrogen-bond donors (Lipinski definition) is 1. The average molecular weight is 316 g/mol. The van der Waals surface area contributed by atoms with Crippen molar-refractivity contribution in [3.05, 3.63) is 28.5 Å². The van der Waals surface area contributed by atoms with Gasteiger partial charge in [0, 0.05) is 17.1 Å². The molecule has 0 radical (unpaired) electrons. The van der Waals surface area contributed by atoms with Crippen LogP contribution in [0.1, 0.15) is 32.6 Å². The number of anilines is 1. The molecule has 0 spiro atoms. The molecule has 0 aromatic heterocycles. The van der Waals surface area contributed by atoms with Gasteiger partial charge in [0.25, 0.3) is 0 Å². The van der Waals surface area contributed by atoms with Crippen LogP contribution in [0.5, 0.6) is 0 Å². The largest absolute Gasteiger partial charge is 0.379 e. The number of hydrogen-bond acceptors (Lipinski definition) is 2. The second kappa shape index (κ2) is 6.53. The first kappa shape index (κ1) is 13.8. The second-order valence-electron chi connectivity index (χ2n) is 4.74. The van der Waals surface area contributed by atoms with E-state index in [2.05, 4.69) is 28.2 Å². The van der Waals surface area contributed by atoms with Gasteiger partial charge in [-0.25, -0.2) is 4.39 Å². The summed E-state index contributed by atoms with van der Waals surface area (Å²) in [5.74, 6) is -0.206. The number of benzene rings is 1. The van der Waals surface area contributed by atoms with E-state index in [1.807, 2.05) is 6.07 Å². The third-order valence-corrected chi connectivity index (χ3v) is 3.95. The summed E-state index contributed by atoms with van der Waals surface area (Å²) in [7, 11) is 0. The van der Waals surface area contributed by atoms with Gasteiger partial charge < -0.3 is 10.1 Å². The summed E-state index contributed by atoms with van der Waals surface area (Å²) < 4.78 is 20.2. The third-order valence-electron chi connectivity index (χ3n) is 3.29. The fourth-order valence-corrected chi connectivity index (χ4v) is 2.83. The van der Waals surface area contributed by atoms with Crippen molar-refractivity contribution in [1.82, 2.24) is 0 Å². The highest BCUT2D eigenvalue weighted by Gasteiger charge is 2.23. The summed E-state index contributed by atoms with van der Waals surface area (Å²) in [6.07, 6.45) is 4.40. The molecule has 18 heavy (non-hydrogen) atoms. The van der Waals surface area contributed by atoms with Gasteiger partial charge in [-0.1, -0.05) is 19.4 Å². The standard InChI is InChI=1S/C14H19BrFNO/c1-2-4-11-9-10(7-8-18-11)17-14-12(15)5-3-6-13(14)16/h3,5-6,10-11,17H,2,4,7-9H2,1H3. The number of halogens is 2. The molecule has 1 aromatic carbocycles. The van der Waals surface area contributed by atoms with E-state index >= 15 is 0 Å². The molecule has 0 amide bonds. The average Bonchev–Trinajstić information content (AvgIpc) is 2.35. The first-order valence-corrected chi connectivity index (χ1v) is 7.32.